The summed E-state index contributed by atoms with van der Waals surface area (Å²) in [6, 6.07) is 3.24. The molecular weight excluding hydrogens is 489 g/mol. The molecule has 0 bridgehead atoms. The average Bonchev–Trinajstić information content (AvgIpc) is 3.48. The topological polar surface area (TPSA) is 66.1 Å². The van der Waals surface area contributed by atoms with E-state index in [1.54, 1.807) is 20.8 Å². The van der Waals surface area contributed by atoms with Gasteiger partial charge in [0.1, 0.15) is 0 Å². The summed E-state index contributed by atoms with van der Waals surface area (Å²) in [6.45, 7) is 5.05. The SMILES string of the molecule is CC(C)(C)c1c(F)c(F)cc2c1-c1[nH]ncc1C(C1CC1)N2S(=O)(=O)c1ccc(C(F)(F)F)cc1. The van der Waals surface area contributed by atoms with Gasteiger partial charge < -0.3 is 0 Å². The van der Waals surface area contributed by atoms with Crippen LogP contribution in [0.25, 0.3) is 11.3 Å². The molecule has 2 aromatic carbocycles. The van der Waals surface area contributed by atoms with Gasteiger partial charge in [-0.25, -0.2) is 17.2 Å². The molecule has 0 radical (unpaired) electrons. The van der Waals surface area contributed by atoms with Crippen molar-refractivity contribution in [3.8, 4) is 11.3 Å². The number of sulfonamides is 1. The number of hydrogen-bond donors (Lipinski definition) is 1. The van der Waals surface area contributed by atoms with Gasteiger partial charge in [0, 0.05) is 22.8 Å². The van der Waals surface area contributed by atoms with Gasteiger partial charge in [0.05, 0.1) is 34.1 Å². The molecule has 11 heteroatoms. The number of hydrogen-bond acceptors (Lipinski definition) is 3. The molecule has 1 atom stereocenters. The molecule has 1 N–H and O–H groups in total. The third-order valence-corrected chi connectivity index (χ3v) is 8.29. The molecule has 1 saturated carbocycles. The molecule has 2 aliphatic rings. The fourth-order valence-electron chi connectivity index (χ4n) is 4.81. The number of fused-ring (bicyclic) bond motifs is 3. The maximum atomic E-state index is 15.2. The van der Waals surface area contributed by atoms with Crippen molar-refractivity contribution in [2.45, 2.75) is 56.1 Å². The van der Waals surface area contributed by atoms with Crippen molar-refractivity contribution in [2.24, 2.45) is 5.92 Å². The van der Waals surface area contributed by atoms with E-state index in [4.69, 9.17) is 0 Å². The summed E-state index contributed by atoms with van der Waals surface area (Å²) in [5, 5.41) is 6.91. The van der Waals surface area contributed by atoms with Crippen LogP contribution >= 0.6 is 0 Å². The van der Waals surface area contributed by atoms with Crippen molar-refractivity contribution in [1.29, 1.82) is 0 Å². The van der Waals surface area contributed by atoms with Crippen molar-refractivity contribution in [2.75, 3.05) is 4.31 Å². The summed E-state index contributed by atoms with van der Waals surface area (Å²) in [4.78, 5) is -0.379. The van der Waals surface area contributed by atoms with Crippen LogP contribution < -0.4 is 4.31 Å². The van der Waals surface area contributed by atoms with Gasteiger partial charge in [-0.3, -0.25) is 9.40 Å². The summed E-state index contributed by atoms with van der Waals surface area (Å²) >= 11 is 0. The molecule has 3 aromatic rings. The highest BCUT2D eigenvalue weighted by Gasteiger charge is 2.49. The lowest BCUT2D eigenvalue weighted by Crippen LogP contribution is -2.39. The van der Waals surface area contributed by atoms with E-state index in [1.807, 2.05) is 0 Å². The van der Waals surface area contributed by atoms with Crippen LogP contribution in [0.4, 0.5) is 27.6 Å². The maximum absolute atomic E-state index is 15.2. The van der Waals surface area contributed by atoms with Crippen LogP contribution in [0, 0.1) is 17.6 Å². The number of benzene rings is 2. The number of aromatic amines is 1. The molecule has 5 nitrogen and oxygen atoms in total. The largest absolute Gasteiger partial charge is 0.416 e. The lowest BCUT2D eigenvalue weighted by atomic mass is 9.79. The first-order valence-electron chi connectivity index (χ1n) is 11.0. The Bertz CT molecular complexity index is 1420. The zero-order valence-corrected chi connectivity index (χ0v) is 19.9. The van der Waals surface area contributed by atoms with Gasteiger partial charge in [-0.05, 0) is 48.4 Å². The second kappa shape index (κ2) is 7.52. The normalized spacial score (nSPS) is 18.4. The quantitative estimate of drug-likeness (QED) is 0.418. The van der Waals surface area contributed by atoms with Gasteiger partial charge in [0.2, 0.25) is 0 Å². The Balaban J connectivity index is 1.79. The Labute approximate surface area is 199 Å². The molecule has 1 aliphatic carbocycles. The molecule has 0 saturated heterocycles. The molecule has 1 fully saturated rings. The molecule has 1 unspecified atom stereocenters. The second-order valence-electron chi connectivity index (χ2n) is 10.00. The third-order valence-electron chi connectivity index (χ3n) is 6.48. The Morgan fingerprint density at radius 3 is 2.23 bits per heavy atom. The van der Waals surface area contributed by atoms with E-state index in [2.05, 4.69) is 10.2 Å². The molecule has 2 heterocycles. The number of nitrogens with one attached hydrogen (secondary N) is 1. The minimum Gasteiger partial charge on any atom is -0.277 e. The minimum absolute atomic E-state index is 0.0140. The summed E-state index contributed by atoms with van der Waals surface area (Å²) in [6.07, 6.45) is -1.74. The highest BCUT2D eigenvalue weighted by Crippen LogP contribution is 2.57. The van der Waals surface area contributed by atoms with Crippen molar-refractivity contribution < 1.29 is 30.4 Å². The zero-order valence-electron chi connectivity index (χ0n) is 19.0. The number of anilines is 1. The third kappa shape index (κ3) is 3.71. The molecule has 35 heavy (non-hydrogen) atoms. The molecular formula is C24H22F5N3O2S. The van der Waals surface area contributed by atoms with E-state index in [9.17, 15) is 26.0 Å². The zero-order chi connectivity index (χ0) is 25.5. The van der Waals surface area contributed by atoms with Crippen LogP contribution in [0.1, 0.15) is 56.3 Å². The van der Waals surface area contributed by atoms with Crippen LogP contribution in [0.2, 0.25) is 0 Å². The number of rotatable bonds is 3. The van der Waals surface area contributed by atoms with E-state index < -0.39 is 44.9 Å². The average molecular weight is 512 g/mol. The predicted molar refractivity (Wildman–Crippen MR) is 119 cm³/mol. The van der Waals surface area contributed by atoms with Gasteiger partial charge in [-0.2, -0.15) is 18.3 Å². The number of halogens is 5. The Morgan fingerprint density at radius 2 is 1.69 bits per heavy atom. The van der Waals surface area contributed by atoms with E-state index in [-0.39, 0.29) is 27.6 Å². The first kappa shape index (κ1) is 23.8. The molecule has 0 spiro atoms. The number of alkyl halides is 3. The van der Waals surface area contributed by atoms with Crippen molar-refractivity contribution in [3.63, 3.8) is 0 Å². The minimum atomic E-state index is -4.63. The summed E-state index contributed by atoms with van der Waals surface area (Å²) in [5.41, 5.74) is -0.867. The maximum Gasteiger partial charge on any atom is 0.416 e. The molecule has 1 aliphatic heterocycles. The number of H-pyrrole nitrogens is 1. The summed E-state index contributed by atoms with van der Waals surface area (Å²) < 4.78 is 98.2. The molecule has 186 valence electrons. The van der Waals surface area contributed by atoms with Crippen LogP contribution in [0.5, 0.6) is 0 Å². The van der Waals surface area contributed by atoms with Gasteiger partial charge in [-0.15, -0.1) is 0 Å². The van der Waals surface area contributed by atoms with Gasteiger partial charge in [0.25, 0.3) is 10.0 Å². The second-order valence-corrected chi connectivity index (χ2v) is 11.8. The first-order chi connectivity index (χ1) is 16.2. The van der Waals surface area contributed by atoms with E-state index >= 15 is 4.39 Å². The van der Waals surface area contributed by atoms with Gasteiger partial charge in [0.15, 0.2) is 11.6 Å². The van der Waals surface area contributed by atoms with E-state index in [0.29, 0.717) is 36.2 Å². The van der Waals surface area contributed by atoms with Crippen molar-refractivity contribution >= 4 is 15.7 Å². The molecule has 5 rings (SSSR count). The predicted octanol–water partition coefficient (Wildman–Crippen LogP) is 6.33. The smallest absolute Gasteiger partial charge is 0.277 e. The van der Waals surface area contributed by atoms with E-state index in [0.717, 1.165) is 22.5 Å². The van der Waals surface area contributed by atoms with Crippen LogP contribution in [-0.4, -0.2) is 18.6 Å². The Hall–Kier alpha value is -2.95. The number of nitrogens with zero attached hydrogens (tertiary/aromatic N) is 2. The lowest BCUT2D eigenvalue weighted by Gasteiger charge is -2.40. The fraction of sp³-hybridized carbons (Fsp3) is 0.375. The van der Waals surface area contributed by atoms with Crippen LogP contribution in [0.3, 0.4) is 0 Å². The van der Waals surface area contributed by atoms with Crippen LogP contribution in [0.15, 0.2) is 41.4 Å². The number of aromatic nitrogens is 2. The summed E-state index contributed by atoms with van der Waals surface area (Å²) in [7, 11) is -4.47. The Kier molecular flexibility index (Phi) is 5.11. The fourth-order valence-corrected chi connectivity index (χ4v) is 6.50. The van der Waals surface area contributed by atoms with Crippen molar-refractivity contribution in [3.05, 3.63) is 64.9 Å². The molecule has 0 amide bonds. The van der Waals surface area contributed by atoms with Crippen molar-refractivity contribution in [1.82, 2.24) is 10.2 Å². The monoisotopic (exact) mass is 511 g/mol. The lowest BCUT2D eigenvalue weighted by molar-refractivity contribution is -0.137. The first-order valence-corrected chi connectivity index (χ1v) is 12.4. The van der Waals surface area contributed by atoms with Crippen LogP contribution in [-0.2, 0) is 21.6 Å². The van der Waals surface area contributed by atoms with Gasteiger partial charge >= 0.3 is 6.18 Å². The van der Waals surface area contributed by atoms with E-state index in [1.165, 1.54) is 6.20 Å². The Morgan fingerprint density at radius 1 is 1.06 bits per heavy atom. The standard InChI is InChI=1S/C24H22F5N3O2S/c1-23(2,3)19-18-17(10-16(25)20(19)26)32(22(12-4-5-12)15-11-30-31-21(15)18)35(33,34)14-8-6-13(7-9-14)24(27,28)29/h6-12,22H,4-5H2,1-3H3,(H,30,31). The van der Waals surface area contributed by atoms with Gasteiger partial charge in [-0.1, -0.05) is 20.8 Å². The molecule has 1 aromatic heterocycles. The highest BCUT2D eigenvalue weighted by molar-refractivity contribution is 7.92. The highest BCUT2D eigenvalue weighted by atomic mass is 32.2. The summed E-state index contributed by atoms with van der Waals surface area (Å²) in [5.74, 6) is -2.40.